The van der Waals surface area contributed by atoms with Crippen molar-refractivity contribution in [3.63, 3.8) is 0 Å². The lowest BCUT2D eigenvalue weighted by atomic mass is 10.1. The van der Waals surface area contributed by atoms with Crippen LogP contribution in [0.5, 0.6) is 0 Å². The predicted octanol–water partition coefficient (Wildman–Crippen LogP) is 4.46. The van der Waals surface area contributed by atoms with E-state index in [4.69, 9.17) is 4.52 Å². The summed E-state index contributed by atoms with van der Waals surface area (Å²) in [5, 5.41) is 3.06. The van der Waals surface area contributed by atoms with Gasteiger partial charge in [-0.1, -0.05) is 91.4 Å². The summed E-state index contributed by atoms with van der Waals surface area (Å²) < 4.78 is 9.47. The summed E-state index contributed by atoms with van der Waals surface area (Å²) in [6, 6.07) is 24.2. The van der Waals surface area contributed by atoms with Crippen molar-refractivity contribution < 1.29 is 4.52 Å². The van der Waals surface area contributed by atoms with Crippen molar-refractivity contribution in [1.82, 2.24) is 4.67 Å². The van der Waals surface area contributed by atoms with Crippen LogP contribution < -0.4 is 10.4 Å². The number of fused-ring (bicyclic) bond motifs is 1. The standard InChI is InChI=1S/C22H30NOPSi/c1-18(2)25-23-16-10-15-21(23)22(24-25)17-26(3,19-11-6-4-7-12-19)20-13-8-5-9-14-20/h4-9,11-14,18,21-22H,10,15-17H2,1-3H3/t21-,22+,25?/m1/s1. The minimum Gasteiger partial charge on any atom is -0.339 e. The van der Waals surface area contributed by atoms with E-state index in [1.807, 2.05) is 0 Å². The number of nitrogens with zero attached hydrogens (tertiary/aromatic N) is 1. The Labute approximate surface area is 160 Å². The summed E-state index contributed by atoms with van der Waals surface area (Å²) >= 11 is 0. The molecular weight excluding hydrogens is 353 g/mol. The number of hydrogen-bond acceptors (Lipinski definition) is 2. The van der Waals surface area contributed by atoms with E-state index in [9.17, 15) is 0 Å². The van der Waals surface area contributed by atoms with Crippen LogP contribution in [0.1, 0.15) is 26.7 Å². The summed E-state index contributed by atoms with van der Waals surface area (Å²) in [5.74, 6) is 0. The van der Waals surface area contributed by atoms with E-state index in [1.54, 1.807) is 0 Å². The smallest absolute Gasteiger partial charge is 0.117 e. The largest absolute Gasteiger partial charge is 0.339 e. The van der Waals surface area contributed by atoms with Gasteiger partial charge in [0, 0.05) is 18.2 Å². The molecule has 2 aliphatic rings. The molecule has 4 heteroatoms. The molecule has 26 heavy (non-hydrogen) atoms. The van der Waals surface area contributed by atoms with Crippen molar-refractivity contribution in [1.29, 1.82) is 0 Å². The van der Waals surface area contributed by atoms with Gasteiger partial charge in [0.15, 0.2) is 0 Å². The maximum atomic E-state index is 6.75. The van der Waals surface area contributed by atoms with Crippen molar-refractivity contribution in [3.8, 4) is 0 Å². The summed E-state index contributed by atoms with van der Waals surface area (Å²) in [4.78, 5) is 0. The molecule has 0 amide bonds. The van der Waals surface area contributed by atoms with E-state index in [0.29, 0.717) is 17.8 Å². The molecule has 3 atom stereocenters. The van der Waals surface area contributed by atoms with E-state index < -0.39 is 16.4 Å². The SMILES string of the molecule is CC(C)P1O[C@@H](C[Si](C)(c2ccccc2)c2ccccc2)[C@H]2CCCN21. The van der Waals surface area contributed by atoms with Crippen LogP contribution in [-0.4, -0.2) is 37.1 Å². The summed E-state index contributed by atoms with van der Waals surface area (Å²) in [6.45, 7) is 8.43. The van der Waals surface area contributed by atoms with E-state index in [-0.39, 0.29) is 0 Å². The zero-order valence-corrected chi connectivity index (χ0v) is 18.0. The highest BCUT2D eigenvalue weighted by molar-refractivity contribution is 7.51. The van der Waals surface area contributed by atoms with Crippen LogP contribution >= 0.6 is 8.30 Å². The minimum atomic E-state index is -1.83. The highest BCUT2D eigenvalue weighted by atomic mass is 31.2. The molecule has 0 N–H and O–H groups in total. The van der Waals surface area contributed by atoms with Crippen LogP contribution in [0.25, 0.3) is 0 Å². The molecule has 2 aliphatic heterocycles. The van der Waals surface area contributed by atoms with Gasteiger partial charge in [-0.15, -0.1) is 0 Å². The first-order chi connectivity index (χ1) is 12.6. The monoisotopic (exact) mass is 383 g/mol. The molecule has 0 aliphatic carbocycles. The van der Waals surface area contributed by atoms with Crippen molar-refractivity contribution >= 4 is 26.7 Å². The highest BCUT2D eigenvalue weighted by Crippen LogP contribution is 2.58. The third-order valence-corrected chi connectivity index (χ3v) is 12.9. The molecule has 2 nitrogen and oxygen atoms in total. The van der Waals surface area contributed by atoms with Gasteiger partial charge in [0.05, 0.1) is 6.10 Å². The Bertz CT molecular complexity index is 684. The highest BCUT2D eigenvalue weighted by Gasteiger charge is 2.49. The first-order valence-corrected chi connectivity index (χ1v) is 13.9. The maximum Gasteiger partial charge on any atom is 0.117 e. The molecule has 138 valence electrons. The summed E-state index contributed by atoms with van der Waals surface area (Å²) in [7, 11) is -2.25. The Morgan fingerprint density at radius 2 is 1.62 bits per heavy atom. The van der Waals surface area contributed by atoms with Gasteiger partial charge in [0.1, 0.15) is 16.4 Å². The Kier molecular flexibility index (Phi) is 5.34. The molecule has 1 unspecified atom stereocenters. The Balaban J connectivity index is 1.68. The molecule has 2 aromatic carbocycles. The van der Waals surface area contributed by atoms with Crippen LogP contribution in [0.4, 0.5) is 0 Å². The molecule has 0 spiro atoms. The Morgan fingerprint density at radius 1 is 1.04 bits per heavy atom. The molecule has 2 fully saturated rings. The molecule has 2 heterocycles. The van der Waals surface area contributed by atoms with Gasteiger partial charge < -0.3 is 4.52 Å². The topological polar surface area (TPSA) is 12.5 Å². The van der Waals surface area contributed by atoms with Crippen LogP contribution in [0.2, 0.25) is 12.6 Å². The fourth-order valence-electron chi connectivity index (χ4n) is 4.68. The molecule has 2 saturated heterocycles. The van der Waals surface area contributed by atoms with E-state index >= 15 is 0 Å². The first kappa shape index (κ1) is 18.4. The second-order valence-corrected chi connectivity index (χ2v) is 14.8. The maximum absolute atomic E-state index is 6.75. The normalized spacial score (nSPS) is 26.4. The molecule has 0 radical (unpaired) electrons. The second-order valence-electron chi connectivity index (χ2n) is 8.18. The molecule has 0 saturated carbocycles. The molecule has 4 rings (SSSR count). The first-order valence-electron chi connectivity index (χ1n) is 9.93. The van der Waals surface area contributed by atoms with Gasteiger partial charge >= 0.3 is 0 Å². The molecule has 0 aromatic heterocycles. The summed E-state index contributed by atoms with van der Waals surface area (Å²) in [5.41, 5.74) is 0.622. The Morgan fingerprint density at radius 3 is 2.15 bits per heavy atom. The lowest BCUT2D eigenvalue weighted by Crippen LogP contribution is -2.58. The van der Waals surface area contributed by atoms with Crippen LogP contribution in [0.3, 0.4) is 0 Å². The van der Waals surface area contributed by atoms with Crippen molar-refractivity contribution in [2.45, 2.75) is 57.1 Å². The average molecular weight is 384 g/mol. The third-order valence-electron chi connectivity index (χ3n) is 6.07. The van der Waals surface area contributed by atoms with Gasteiger partial charge in [0.25, 0.3) is 0 Å². The molecule has 0 bridgehead atoms. The van der Waals surface area contributed by atoms with Crippen LogP contribution in [0, 0.1) is 0 Å². The van der Waals surface area contributed by atoms with Crippen molar-refractivity contribution in [2.24, 2.45) is 0 Å². The van der Waals surface area contributed by atoms with Crippen LogP contribution in [-0.2, 0) is 4.52 Å². The van der Waals surface area contributed by atoms with E-state index in [2.05, 4.69) is 85.7 Å². The van der Waals surface area contributed by atoms with Crippen molar-refractivity contribution in [3.05, 3.63) is 60.7 Å². The van der Waals surface area contributed by atoms with Crippen LogP contribution in [0.15, 0.2) is 60.7 Å². The zero-order chi connectivity index (χ0) is 18.1. The van der Waals surface area contributed by atoms with Gasteiger partial charge in [-0.25, -0.2) is 0 Å². The van der Waals surface area contributed by atoms with Gasteiger partial charge in [-0.3, -0.25) is 4.67 Å². The summed E-state index contributed by atoms with van der Waals surface area (Å²) in [6.07, 6.45) is 3.04. The fraction of sp³-hybridized carbons (Fsp3) is 0.455. The number of benzene rings is 2. The number of hydrogen-bond donors (Lipinski definition) is 0. The van der Waals surface area contributed by atoms with Gasteiger partial charge in [-0.05, 0) is 18.9 Å². The number of rotatable bonds is 5. The Hall–Kier alpha value is -0.993. The lowest BCUT2D eigenvalue weighted by Gasteiger charge is -2.32. The van der Waals surface area contributed by atoms with Gasteiger partial charge in [-0.2, -0.15) is 0 Å². The zero-order valence-electron chi connectivity index (χ0n) is 16.1. The molecular formula is C22H30NOPSi. The fourth-order valence-corrected chi connectivity index (χ4v) is 11.0. The lowest BCUT2D eigenvalue weighted by molar-refractivity contribution is 0.229. The van der Waals surface area contributed by atoms with E-state index in [0.717, 1.165) is 0 Å². The third kappa shape index (κ3) is 3.31. The van der Waals surface area contributed by atoms with E-state index in [1.165, 1.54) is 35.8 Å². The predicted molar refractivity (Wildman–Crippen MR) is 115 cm³/mol. The minimum absolute atomic E-state index is 0.392. The van der Waals surface area contributed by atoms with Gasteiger partial charge in [0.2, 0.25) is 0 Å². The van der Waals surface area contributed by atoms with Crippen molar-refractivity contribution in [2.75, 3.05) is 6.54 Å². The quantitative estimate of drug-likeness (QED) is 0.558. The average Bonchev–Trinajstić information content (AvgIpc) is 3.27. The molecule has 2 aromatic rings. The second kappa shape index (κ2) is 7.56.